The molecule has 0 unspecified atom stereocenters. The lowest BCUT2D eigenvalue weighted by molar-refractivity contribution is 0.412. The van der Waals surface area contributed by atoms with Crippen molar-refractivity contribution in [3.63, 3.8) is 0 Å². The van der Waals surface area contributed by atoms with E-state index in [4.69, 9.17) is 10.3 Å². The highest BCUT2D eigenvalue weighted by atomic mass is 16.5. The molecule has 3 N–H and O–H groups in total. The van der Waals surface area contributed by atoms with Gasteiger partial charge in [-0.05, 0) is 5.92 Å². The SMILES string of the molecule is CC(C)c1nn(C)c(NCc2ccon2)c1N. The Hall–Kier alpha value is -1.98. The maximum atomic E-state index is 6.05. The van der Waals surface area contributed by atoms with Crippen molar-refractivity contribution in [2.24, 2.45) is 7.05 Å². The highest BCUT2D eigenvalue weighted by Gasteiger charge is 2.15. The van der Waals surface area contributed by atoms with E-state index in [1.54, 1.807) is 10.9 Å². The largest absolute Gasteiger partial charge is 0.394 e. The summed E-state index contributed by atoms with van der Waals surface area (Å²) in [5, 5.41) is 11.4. The molecular formula is C11H17N5O. The highest BCUT2D eigenvalue weighted by molar-refractivity contribution is 5.65. The second kappa shape index (κ2) is 4.48. The highest BCUT2D eigenvalue weighted by Crippen LogP contribution is 2.27. The first-order valence-electron chi connectivity index (χ1n) is 5.55. The molecule has 0 bridgehead atoms. The molecule has 0 saturated carbocycles. The molecule has 6 heteroatoms. The Morgan fingerprint density at radius 2 is 2.29 bits per heavy atom. The normalized spacial score (nSPS) is 11.1. The average molecular weight is 235 g/mol. The number of aromatic nitrogens is 3. The van der Waals surface area contributed by atoms with Crippen LogP contribution in [0.5, 0.6) is 0 Å². The molecule has 2 heterocycles. The number of nitrogens with two attached hydrogens (primary N) is 1. The van der Waals surface area contributed by atoms with Crippen LogP contribution in [0.4, 0.5) is 11.5 Å². The summed E-state index contributed by atoms with van der Waals surface area (Å²) in [6.45, 7) is 4.71. The van der Waals surface area contributed by atoms with E-state index in [9.17, 15) is 0 Å². The van der Waals surface area contributed by atoms with E-state index in [0.29, 0.717) is 18.2 Å². The fourth-order valence-corrected chi connectivity index (χ4v) is 1.70. The van der Waals surface area contributed by atoms with Crippen molar-refractivity contribution in [1.29, 1.82) is 0 Å². The summed E-state index contributed by atoms with van der Waals surface area (Å²) in [7, 11) is 1.87. The van der Waals surface area contributed by atoms with Crippen molar-refractivity contribution in [1.82, 2.24) is 14.9 Å². The minimum Gasteiger partial charge on any atom is -0.394 e. The molecule has 0 radical (unpaired) electrons. The smallest absolute Gasteiger partial charge is 0.148 e. The summed E-state index contributed by atoms with van der Waals surface area (Å²) in [5.74, 6) is 1.13. The monoisotopic (exact) mass is 235 g/mol. The van der Waals surface area contributed by atoms with Gasteiger partial charge in [0, 0.05) is 13.1 Å². The fraction of sp³-hybridized carbons (Fsp3) is 0.455. The lowest BCUT2D eigenvalue weighted by Gasteiger charge is -2.05. The molecule has 17 heavy (non-hydrogen) atoms. The summed E-state index contributed by atoms with van der Waals surface area (Å²) in [6.07, 6.45) is 1.54. The van der Waals surface area contributed by atoms with E-state index in [0.717, 1.165) is 17.2 Å². The van der Waals surface area contributed by atoms with Crippen molar-refractivity contribution in [3.05, 3.63) is 23.7 Å². The lowest BCUT2D eigenvalue weighted by Crippen LogP contribution is -2.06. The molecule has 0 aliphatic rings. The third-order valence-electron chi connectivity index (χ3n) is 2.59. The maximum absolute atomic E-state index is 6.05. The molecule has 0 atom stereocenters. The number of nitrogens with zero attached hydrogens (tertiary/aromatic N) is 3. The Morgan fingerprint density at radius 3 is 2.82 bits per heavy atom. The standard InChI is InChI=1S/C11H17N5O/c1-7(2)10-9(12)11(16(3)14-10)13-6-8-4-5-17-15-8/h4-5,7,13H,6,12H2,1-3H3. The van der Waals surface area contributed by atoms with Crippen molar-refractivity contribution in [2.75, 3.05) is 11.1 Å². The molecule has 6 nitrogen and oxygen atoms in total. The molecule has 2 rings (SSSR count). The number of nitrogen functional groups attached to an aromatic ring is 1. The van der Waals surface area contributed by atoms with Crippen LogP contribution >= 0.6 is 0 Å². The van der Waals surface area contributed by atoms with E-state index >= 15 is 0 Å². The molecule has 0 spiro atoms. The van der Waals surface area contributed by atoms with Gasteiger partial charge in [0.2, 0.25) is 0 Å². The van der Waals surface area contributed by atoms with Crippen LogP contribution in [0.15, 0.2) is 16.9 Å². The van der Waals surface area contributed by atoms with Gasteiger partial charge in [0.05, 0.1) is 17.9 Å². The van der Waals surface area contributed by atoms with Crippen LogP contribution < -0.4 is 11.1 Å². The molecular weight excluding hydrogens is 218 g/mol. The van der Waals surface area contributed by atoms with E-state index < -0.39 is 0 Å². The molecule has 92 valence electrons. The number of hydrogen-bond donors (Lipinski definition) is 2. The second-order valence-corrected chi connectivity index (χ2v) is 4.27. The van der Waals surface area contributed by atoms with Crippen LogP contribution in [0.2, 0.25) is 0 Å². The molecule has 0 amide bonds. The summed E-state index contributed by atoms with van der Waals surface area (Å²) in [5.41, 5.74) is 8.50. The first-order chi connectivity index (χ1) is 8.09. The third kappa shape index (κ3) is 2.25. The number of hydrogen-bond acceptors (Lipinski definition) is 5. The maximum Gasteiger partial charge on any atom is 0.148 e. The molecule has 2 aromatic rings. The number of anilines is 2. The minimum atomic E-state index is 0.309. The zero-order valence-corrected chi connectivity index (χ0v) is 10.3. The average Bonchev–Trinajstić information content (AvgIpc) is 2.86. The predicted molar refractivity (Wildman–Crippen MR) is 65.5 cm³/mol. The Morgan fingerprint density at radius 1 is 1.53 bits per heavy atom. The summed E-state index contributed by atoms with van der Waals surface area (Å²) >= 11 is 0. The van der Waals surface area contributed by atoms with Gasteiger partial charge in [-0.15, -0.1) is 0 Å². The third-order valence-corrected chi connectivity index (χ3v) is 2.59. The summed E-state index contributed by atoms with van der Waals surface area (Å²) < 4.78 is 6.52. The van der Waals surface area contributed by atoms with E-state index in [2.05, 4.69) is 29.4 Å². The van der Waals surface area contributed by atoms with Gasteiger partial charge in [-0.3, -0.25) is 4.68 Å². The van der Waals surface area contributed by atoms with E-state index in [-0.39, 0.29) is 0 Å². The number of rotatable bonds is 4. The molecule has 0 fully saturated rings. The zero-order valence-electron chi connectivity index (χ0n) is 10.3. The second-order valence-electron chi connectivity index (χ2n) is 4.27. The fourth-order valence-electron chi connectivity index (χ4n) is 1.70. The van der Waals surface area contributed by atoms with Crippen molar-refractivity contribution >= 4 is 11.5 Å². The Balaban J connectivity index is 2.15. The first kappa shape index (κ1) is 11.5. The van der Waals surface area contributed by atoms with Gasteiger partial charge in [0.1, 0.15) is 17.8 Å². The van der Waals surface area contributed by atoms with Crippen molar-refractivity contribution in [2.45, 2.75) is 26.3 Å². The van der Waals surface area contributed by atoms with Gasteiger partial charge in [0.25, 0.3) is 0 Å². The van der Waals surface area contributed by atoms with Crippen LogP contribution in [0, 0.1) is 0 Å². The van der Waals surface area contributed by atoms with Gasteiger partial charge in [0.15, 0.2) is 0 Å². The van der Waals surface area contributed by atoms with Crippen LogP contribution in [-0.2, 0) is 13.6 Å². The van der Waals surface area contributed by atoms with Gasteiger partial charge >= 0.3 is 0 Å². The van der Waals surface area contributed by atoms with Gasteiger partial charge in [-0.25, -0.2) is 0 Å². The number of nitrogens with one attached hydrogen (secondary N) is 1. The number of aryl methyl sites for hydroxylation is 1. The van der Waals surface area contributed by atoms with E-state index in [1.165, 1.54) is 0 Å². The lowest BCUT2D eigenvalue weighted by atomic mass is 10.1. The van der Waals surface area contributed by atoms with Crippen LogP contribution in [0.25, 0.3) is 0 Å². The topological polar surface area (TPSA) is 81.9 Å². The predicted octanol–water partition coefficient (Wildman–Crippen LogP) is 1.73. The van der Waals surface area contributed by atoms with Crippen molar-refractivity contribution in [3.8, 4) is 0 Å². The molecule has 0 aliphatic heterocycles. The van der Waals surface area contributed by atoms with Crippen molar-refractivity contribution < 1.29 is 4.52 Å². The van der Waals surface area contributed by atoms with Gasteiger partial charge < -0.3 is 15.6 Å². The van der Waals surface area contributed by atoms with Crippen LogP contribution in [-0.4, -0.2) is 14.9 Å². The van der Waals surface area contributed by atoms with Crippen LogP contribution in [0.3, 0.4) is 0 Å². The summed E-state index contributed by atoms with van der Waals surface area (Å²) in [4.78, 5) is 0. The zero-order chi connectivity index (χ0) is 12.4. The Bertz CT molecular complexity index is 486. The Labute approximate surface area is 99.8 Å². The van der Waals surface area contributed by atoms with Gasteiger partial charge in [-0.2, -0.15) is 5.10 Å². The Kier molecular flexibility index (Phi) is 3.03. The van der Waals surface area contributed by atoms with Gasteiger partial charge in [-0.1, -0.05) is 19.0 Å². The molecule has 0 aromatic carbocycles. The first-order valence-corrected chi connectivity index (χ1v) is 5.55. The molecule has 0 aliphatic carbocycles. The molecule has 0 saturated heterocycles. The summed E-state index contributed by atoms with van der Waals surface area (Å²) in [6, 6.07) is 1.81. The van der Waals surface area contributed by atoms with E-state index in [1.807, 2.05) is 13.1 Å². The minimum absolute atomic E-state index is 0.309. The quantitative estimate of drug-likeness (QED) is 0.843. The molecule has 2 aromatic heterocycles. The van der Waals surface area contributed by atoms with Crippen LogP contribution in [0.1, 0.15) is 31.2 Å².